The summed E-state index contributed by atoms with van der Waals surface area (Å²) in [7, 11) is 0. The summed E-state index contributed by atoms with van der Waals surface area (Å²) in [4.78, 5) is 30.1. The van der Waals surface area contributed by atoms with Crippen molar-refractivity contribution in [2.75, 3.05) is 19.7 Å². The van der Waals surface area contributed by atoms with Crippen LogP contribution in [0.1, 0.15) is 39.2 Å². The normalized spacial score (nSPS) is 20.4. The number of halogens is 1. The second-order valence-electron chi connectivity index (χ2n) is 11.3. The molecule has 0 unspecified atom stereocenters. The van der Waals surface area contributed by atoms with Crippen LogP contribution in [-0.2, 0) is 16.1 Å². The number of rotatable bonds is 8. The third-order valence-corrected chi connectivity index (χ3v) is 8.65. The van der Waals surface area contributed by atoms with Gasteiger partial charge in [0.2, 0.25) is 5.82 Å². The first-order chi connectivity index (χ1) is 20.2. The van der Waals surface area contributed by atoms with Gasteiger partial charge in [0.1, 0.15) is 12.4 Å². The van der Waals surface area contributed by atoms with Crippen LogP contribution in [0.5, 0.6) is 0 Å². The second kappa shape index (κ2) is 11.9. The standard InChI is InChI=1S/C33H35FN4O4/c1-4-41-31(39)33(22(2)3)16-18-38(19-17-33,32(35)40)21-23-10-12-25(13-11-23)29-36-30(42-37-29)26-14-15-27(28(34)20-26)24-8-6-5-7-9-24/h5-15,20,22H,4,16-19,21H2,1-3H3,(H-,35,40)/p+1. The second-order valence-corrected chi connectivity index (χ2v) is 11.3. The minimum atomic E-state index is -0.613. The molecule has 42 heavy (non-hydrogen) atoms. The van der Waals surface area contributed by atoms with Gasteiger partial charge in [-0.1, -0.05) is 79.7 Å². The molecule has 218 valence electrons. The van der Waals surface area contributed by atoms with Crippen LogP contribution in [0.15, 0.2) is 77.3 Å². The van der Waals surface area contributed by atoms with E-state index in [2.05, 4.69) is 10.1 Å². The van der Waals surface area contributed by atoms with E-state index in [9.17, 15) is 14.0 Å². The zero-order valence-corrected chi connectivity index (χ0v) is 24.2. The number of quaternary nitrogens is 1. The first-order valence-corrected chi connectivity index (χ1v) is 14.3. The molecule has 1 aromatic heterocycles. The predicted molar refractivity (Wildman–Crippen MR) is 157 cm³/mol. The molecule has 2 heterocycles. The van der Waals surface area contributed by atoms with E-state index in [1.54, 1.807) is 19.1 Å². The van der Waals surface area contributed by atoms with Gasteiger partial charge in [-0.25, -0.2) is 13.7 Å². The lowest BCUT2D eigenvalue weighted by Crippen LogP contribution is -2.62. The van der Waals surface area contributed by atoms with Gasteiger partial charge < -0.3 is 15.0 Å². The van der Waals surface area contributed by atoms with E-state index in [0.717, 1.165) is 16.7 Å². The molecular weight excluding hydrogens is 535 g/mol. The van der Waals surface area contributed by atoms with E-state index in [4.69, 9.17) is 15.0 Å². The fraction of sp³-hybridized carbons (Fsp3) is 0.333. The maximum atomic E-state index is 14.9. The Morgan fingerprint density at radius 1 is 1.00 bits per heavy atom. The molecule has 1 aliphatic rings. The Morgan fingerprint density at radius 2 is 1.67 bits per heavy atom. The Bertz CT molecular complexity index is 1560. The van der Waals surface area contributed by atoms with Gasteiger partial charge in [0, 0.05) is 35.1 Å². The summed E-state index contributed by atoms with van der Waals surface area (Å²) in [5, 5.41) is 4.09. The Kier molecular flexibility index (Phi) is 8.22. The molecule has 8 nitrogen and oxygen atoms in total. The Balaban J connectivity index is 1.30. The number of aromatic nitrogens is 2. The number of carbonyl (C=O) groups excluding carboxylic acids is 2. The highest BCUT2D eigenvalue weighted by atomic mass is 19.1. The summed E-state index contributed by atoms with van der Waals surface area (Å²) in [6.07, 6.45) is 1.06. The molecule has 5 rings (SSSR count). The van der Waals surface area contributed by atoms with Crippen molar-refractivity contribution in [3.05, 3.63) is 84.2 Å². The number of benzene rings is 3. The Morgan fingerprint density at radius 3 is 2.26 bits per heavy atom. The first kappa shape index (κ1) is 29.1. The lowest BCUT2D eigenvalue weighted by Gasteiger charge is -2.46. The van der Waals surface area contributed by atoms with E-state index < -0.39 is 11.4 Å². The summed E-state index contributed by atoms with van der Waals surface area (Å²) < 4.78 is 25.8. The molecule has 0 radical (unpaired) electrons. The van der Waals surface area contributed by atoms with E-state index in [1.807, 2.05) is 68.4 Å². The zero-order chi connectivity index (χ0) is 29.9. The summed E-state index contributed by atoms with van der Waals surface area (Å²) in [6, 6.07) is 21.3. The fourth-order valence-corrected chi connectivity index (χ4v) is 5.88. The summed E-state index contributed by atoms with van der Waals surface area (Å²) in [5.41, 5.74) is 8.74. The summed E-state index contributed by atoms with van der Waals surface area (Å²) in [6.45, 7) is 7.52. The molecule has 2 N–H and O–H groups in total. The van der Waals surface area contributed by atoms with Gasteiger partial charge in [-0.05, 0) is 30.5 Å². The van der Waals surface area contributed by atoms with Gasteiger partial charge in [0.05, 0.1) is 25.1 Å². The monoisotopic (exact) mass is 571 g/mol. The molecule has 9 heteroatoms. The highest BCUT2D eigenvalue weighted by Crippen LogP contribution is 2.43. The van der Waals surface area contributed by atoms with Gasteiger partial charge in [-0.2, -0.15) is 4.98 Å². The SMILES string of the molecule is CCOC(=O)C1(C(C)C)CC[N+](Cc2ccc(-c3noc(-c4ccc(-c5ccccc5)c(F)c4)n3)cc2)(C(N)=O)CC1. The molecule has 1 fully saturated rings. The minimum absolute atomic E-state index is 0.0735. The molecule has 4 aromatic rings. The number of ether oxygens (including phenoxy) is 1. The topological polar surface area (TPSA) is 108 Å². The number of amides is 2. The fourth-order valence-electron chi connectivity index (χ4n) is 5.88. The number of urea groups is 1. The molecule has 0 spiro atoms. The third-order valence-electron chi connectivity index (χ3n) is 8.65. The van der Waals surface area contributed by atoms with E-state index in [1.165, 1.54) is 6.07 Å². The molecule has 0 aliphatic carbocycles. The molecule has 0 atom stereocenters. The molecular formula is C33H36FN4O4+. The van der Waals surface area contributed by atoms with Crippen molar-refractivity contribution in [1.82, 2.24) is 10.1 Å². The third kappa shape index (κ3) is 5.56. The number of primary amides is 1. The average molecular weight is 572 g/mol. The number of hydrogen-bond donors (Lipinski definition) is 1. The number of nitrogens with zero attached hydrogens (tertiary/aromatic N) is 3. The van der Waals surface area contributed by atoms with Gasteiger partial charge in [-0.3, -0.25) is 4.79 Å². The Labute approximate surface area is 244 Å². The molecule has 1 aliphatic heterocycles. The van der Waals surface area contributed by atoms with Crippen molar-refractivity contribution < 1.29 is 27.7 Å². The summed E-state index contributed by atoms with van der Waals surface area (Å²) >= 11 is 0. The minimum Gasteiger partial charge on any atom is -0.466 e. The average Bonchev–Trinajstić information content (AvgIpc) is 3.49. The predicted octanol–water partition coefficient (Wildman–Crippen LogP) is 6.60. The molecule has 2 amide bonds. The van der Waals surface area contributed by atoms with E-state index in [0.29, 0.717) is 56.0 Å². The van der Waals surface area contributed by atoms with Gasteiger partial charge >= 0.3 is 12.0 Å². The smallest absolute Gasteiger partial charge is 0.414 e. The molecule has 0 bridgehead atoms. The van der Waals surface area contributed by atoms with Gasteiger partial charge in [0.15, 0.2) is 0 Å². The van der Waals surface area contributed by atoms with Crippen LogP contribution in [0.2, 0.25) is 0 Å². The van der Waals surface area contributed by atoms with Crippen LogP contribution in [0.25, 0.3) is 34.0 Å². The van der Waals surface area contributed by atoms with Crippen molar-refractivity contribution in [2.45, 2.75) is 40.2 Å². The number of likely N-dealkylation sites (tertiary alicyclic amines) is 1. The van der Waals surface area contributed by atoms with Gasteiger partial charge in [-0.15, -0.1) is 0 Å². The van der Waals surface area contributed by atoms with Gasteiger partial charge in [0.25, 0.3) is 5.89 Å². The van der Waals surface area contributed by atoms with Crippen LogP contribution in [0.3, 0.4) is 0 Å². The zero-order valence-electron chi connectivity index (χ0n) is 24.2. The lowest BCUT2D eigenvalue weighted by molar-refractivity contribution is -0.870. The largest absolute Gasteiger partial charge is 0.466 e. The van der Waals surface area contributed by atoms with Crippen molar-refractivity contribution in [3.8, 4) is 34.0 Å². The van der Waals surface area contributed by atoms with E-state index >= 15 is 0 Å². The van der Waals surface area contributed by atoms with Crippen LogP contribution in [0, 0.1) is 17.2 Å². The lowest BCUT2D eigenvalue weighted by atomic mass is 9.69. The number of hydrogen-bond acceptors (Lipinski definition) is 6. The van der Waals surface area contributed by atoms with Crippen molar-refractivity contribution >= 4 is 12.0 Å². The first-order valence-electron chi connectivity index (χ1n) is 14.3. The molecule has 0 saturated carbocycles. The molecule has 1 saturated heterocycles. The van der Waals surface area contributed by atoms with Crippen molar-refractivity contribution in [1.29, 1.82) is 0 Å². The highest BCUT2D eigenvalue weighted by molar-refractivity contribution is 5.77. The van der Waals surface area contributed by atoms with E-state index in [-0.39, 0.29) is 28.1 Å². The maximum absolute atomic E-state index is 14.9. The molecule has 3 aromatic carbocycles. The van der Waals surface area contributed by atoms with Crippen LogP contribution in [-0.4, -0.2) is 46.3 Å². The number of esters is 1. The quantitative estimate of drug-likeness (QED) is 0.188. The van der Waals surface area contributed by atoms with Crippen molar-refractivity contribution in [2.24, 2.45) is 17.1 Å². The highest BCUT2D eigenvalue weighted by Gasteiger charge is 2.52. The number of carbonyl (C=O) groups is 2. The number of nitrogens with two attached hydrogens (primary N) is 1. The van der Waals surface area contributed by atoms with Crippen LogP contribution < -0.4 is 5.73 Å². The van der Waals surface area contributed by atoms with Crippen LogP contribution in [0.4, 0.5) is 9.18 Å². The Hall–Kier alpha value is -4.37. The number of piperidine rings is 1. The van der Waals surface area contributed by atoms with Crippen molar-refractivity contribution in [3.63, 3.8) is 0 Å². The maximum Gasteiger partial charge on any atom is 0.414 e. The summed E-state index contributed by atoms with van der Waals surface area (Å²) in [5.74, 6) is 0.108. The van der Waals surface area contributed by atoms with Crippen LogP contribution >= 0.6 is 0 Å².